The van der Waals surface area contributed by atoms with Crippen molar-refractivity contribution in [1.29, 1.82) is 5.26 Å². The Morgan fingerprint density at radius 2 is 2.00 bits per heavy atom. The Hall–Kier alpha value is -1.59. The smallest absolute Gasteiger partial charge is 0.0991 e. The molecular formula is C12H9ClN2. The van der Waals surface area contributed by atoms with E-state index in [1.54, 1.807) is 6.07 Å². The third kappa shape index (κ3) is 1.67. The van der Waals surface area contributed by atoms with Crippen LogP contribution in [0.25, 0.3) is 10.9 Å². The number of hydrogen-bond donors (Lipinski definition) is 0. The Bertz CT molecular complexity index is 582. The number of halogens is 1. The molecule has 1 aromatic carbocycles. The van der Waals surface area contributed by atoms with Gasteiger partial charge in [-0.05, 0) is 37.6 Å². The molecule has 1 heterocycles. The number of aromatic nitrogens is 1. The van der Waals surface area contributed by atoms with Gasteiger partial charge in [0.15, 0.2) is 0 Å². The van der Waals surface area contributed by atoms with Crippen molar-refractivity contribution in [2.75, 3.05) is 0 Å². The number of aryl methyl sites for hydroxylation is 2. The summed E-state index contributed by atoms with van der Waals surface area (Å²) >= 11 is 6.11. The number of benzene rings is 1. The summed E-state index contributed by atoms with van der Waals surface area (Å²) in [6.07, 6.45) is 0. The van der Waals surface area contributed by atoms with Crippen LogP contribution >= 0.6 is 11.6 Å². The van der Waals surface area contributed by atoms with Crippen molar-refractivity contribution in [2.45, 2.75) is 13.8 Å². The molecule has 74 valence electrons. The van der Waals surface area contributed by atoms with Crippen molar-refractivity contribution in [3.05, 3.63) is 40.0 Å². The van der Waals surface area contributed by atoms with Crippen LogP contribution in [0.2, 0.25) is 5.02 Å². The molecule has 0 amide bonds. The van der Waals surface area contributed by atoms with Crippen LogP contribution in [0.4, 0.5) is 0 Å². The van der Waals surface area contributed by atoms with Crippen molar-refractivity contribution in [1.82, 2.24) is 4.98 Å². The molecule has 1 aromatic heterocycles. The SMILES string of the molecule is Cc1cc(Cl)c2cc(C#N)cc(C)c2n1. The van der Waals surface area contributed by atoms with Gasteiger partial charge in [-0.2, -0.15) is 5.26 Å². The van der Waals surface area contributed by atoms with Crippen molar-refractivity contribution >= 4 is 22.5 Å². The van der Waals surface area contributed by atoms with E-state index in [9.17, 15) is 0 Å². The molecule has 0 aliphatic carbocycles. The molecule has 0 radical (unpaired) electrons. The van der Waals surface area contributed by atoms with Gasteiger partial charge in [0.25, 0.3) is 0 Å². The highest BCUT2D eigenvalue weighted by atomic mass is 35.5. The molecule has 3 heteroatoms. The van der Waals surface area contributed by atoms with Gasteiger partial charge in [0.05, 0.1) is 22.2 Å². The highest BCUT2D eigenvalue weighted by molar-refractivity contribution is 6.35. The monoisotopic (exact) mass is 216 g/mol. The van der Waals surface area contributed by atoms with E-state index in [-0.39, 0.29) is 0 Å². The fourth-order valence-corrected chi connectivity index (χ4v) is 1.95. The molecule has 2 rings (SSSR count). The summed E-state index contributed by atoms with van der Waals surface area (Å²) < 4.78 is 0. The molecule has 0 fully saturated rings. The van der Waals surface area contributed by atoms with Crippen LogP contribution in [-0.4, -0.2) is 4.98 Å². The molecule has 0 aliphatic heterocycles. The maximum absolute atomic E-state index is 8.85. The van der Waals surface area contributed by atoms with E-state index < -0.39 is 0 Å². The second kappa shape index (κ2) is 3.52. The molecule has 0 bridgehead atoms. The first-order valence-corrected chi connectivity index (χ1v) is 4.97. The van der Waals surface area contributed by atoms with E-state index in [1.807, 2.05) is 26.0 Å². The van der Waals surface area contributed by atoms with Crippen LogP contribution in [0.3, 0.4) is 0 Å². The summed E-state index contributed by atoms with van der Waals surface area (Å²) in [5.41, 5.74) is 3.36. The van der Waals surface area contributed by atoms with E-state index >= 15 is 0 Å². The first-order chi connectivity index (χ1) is 7.11. The number of nitriles is 1. The Labute approximate surface area is 93.1 Å². The number of nitrogens with zero attached hydrogens (tertiary/aromatic N) is 2. The Kier molecular flexibility index (Phi) is 2.34. The summed E-state index contributed by atoms with van der Waals surface area (Å²) in [5.74, 6) is 0. The fraction of sp³-hybridized carbons (Fsp3) is 0.167. The van der Waals surface area contributed by atoms with Gasteiger partial charge in [0, 0.05) is 11.1 Å². The lowest BCUT2D eigenvalue weighted by molar-refractivity contribution is 1.24. The van der Waals surface area contributed by atoms with Crippen LogP contribution in [0.1, 0.15) is 16.8 Å². The first-order valence-electron chi connectivity index (χ1n) is 4.59. The van der Waals surface area contributed by atoms with Crippen LogP contribution < -0.4 is 0 Å². The normalized spacial score (nSPS) is 10.3. The summed E-state index contributed by atoms with van der Waals surface area (Å²) in [4.78, 5) is 4.42. The number of hydrogen-bond acceptors (Lipinski definition) is 2. The van der Waals surface area contributed by atoms with Gasteiger partial charge in [0.2, 0.25) is 0 Å². The van der Waals surface area contributed by atoms with Gasteiger partial charge in [-0.1, -0.05) is 11.6 Å². The molecule has 2 aromatic rings. The minimum atomic E-state index is 0.618. The molecule has 0 saturated carbocycles. The van der Waals surface area contributed by atoms with E-state index in [1.165, 1.54) is 0 Å². The quantitative estimate of drug-likeness (QED) is 0.677. The topological polar surface area (TPSA) is 36.7 Å². The van der Waals surface area contributed by atoms with Crippen molar-refractivity contribution < 1.29 is 0 Å². The summed E-state index contributed by atoms with van der Waals surface area (Å²) in [6, 6.07) is 7.52. The lowest BCUT2D eigenvalue weighted by atomic mass is 10.1. The lowest BCUT2D eigenvalue weighted by Gasteiger charge is -2.05. The molecule has 0 spiro atoms. The zero-order chi connectivity index (χ0) is 11.0. The molecule has 0 aliphatic rings. The largest absolute Gasteiger partial charge is 0.253 e. The highest BCUT2D eigenvalue weighted by Crippen LogP contribution is 2.26. The number of rotatable bonds is 0. The Morgan fingerprint density at radius 1 is 1.27 bits per heavy atom. The first kappa shape index (κ1) is 9.95. The summed E-state index contributed by atoms with van der Waals surface area (Å²) in [7, 11) is 0. The standard InChI is InChI=1S/C12H9ClN2/c1-7-3-9(6-14)5-10-11(13)4-8(2)15-12(7)10/h3-5H,1-2H3. The molecule has 0 atom stereocenters. The second-order valence-corrected chi connectivity index (χ2v) is 3.95. The summed E-state index contributed by atoms with van der Waals surface area (Å²) in [5, 5.41) is 10.4. The average molecular weight is 217 g/mol. The van der Waals surface area contributed by atoms with Crippen molar-refractivity contribution in [3.63, 3.8) is 0 Å². The maximum atomic E-state index is 8.85. The maximum Gasteiger partial charge on any atom is 0.0991 e. The molecule has 15 heavy (non-hydrogen) atoms. The van der Waals surface area contributed by atoms with Crippen LogP contribution in [-0.2, 0) is 0 Å². The minimum Gasteiger partial charge on any atom is -0.253 e. The number of fused-ring (bicyclic) bond motifs is 1. The van der Waals surface area contributed by atoms with Crippen LogP contribution in [0.5, 0.6) is 0 Å². The average Bonchev–Trinajstić information content (AvgIpc) is 2.19. The van der Waals surface area contributed by atoms with E-state index in [0.717, 1.165) is 22.2 Å². The van der Waals surface area contributed by atoms with Gasteiger partial charge in [-0.3, -0.25) is 4.98 Å². The van der Waals surface area contributed by atoms with Gasteiger partial charge in [-0.15, -0.1) is 0 Å². The molecule has 0 unspecified atom stereocenters. The predicted molar refractivity (Wildman–Crippen MR) is 60.9 cm³/mol. The van der Waals surface area contributed by atoms with Gasteiger partial charge < -0.3 is 0 Å². The molecular weight excluding hydrogens is 208 g/mol. The van der Waals surface area contributed by atoms with Gasteiger partial charge in [-0.25, -0.2) is 0 Å². The zero-order valence-electron chi connectivity index (χ0n) is 8.50. The van der Waals surface area contributed by atoms with E-state index in [2.05, 4.69) is 11.1 Å². The van der Waals surface area contributed by atoms with E-state index in [0.29, 0.717) is 10.6 Å². The van der Waals surface area contributed by atoms with Crippen molar-refractivity contribution in [2.24, 2.45) is 0 Å². The third-order valence-corrected chi connectivity index (χ3v) is 2.62. The molecule has 0 N–H and O–H groups in total. The number of pyridine rings is 1. The fourth-order valence-electron chi connectivity index (χ4n) is 1.64. The molecule has 0 saturated heterocycles. The van der Waals surface area contributed by atoms with Crippen LogP contribution in [0, 0.1) is 25.2 Å². The predicted octanol–water partition coefficient (Wildman–Crippen LogP) is 3.38. The van der Waals surface area contributed by atoms with Crippen molar-refractivity contribution in [3.8, 4) is 6.07 Å². The summed E-state index contributed by atoms with van der Waals surface area (Å²) in [6.45, 7) is 3.84. The highest BCUT2D eigenvalue weighted by Gasteiger charge is 2.06. The Morgan fingerprint density at radius 3 is 2.67 bits per heavy atom. The second-order valence-electron chi connectivity index (χ2n) is 3.55. The third-order valence-electron chi connectivity index (χ3n) is 2.31. The Balaban J connectivity index is 2.93. The lowest BCUT2D eigenvalue weighted by Crippen LogP contribution is -1.89. The van der Waals surface area contributed by atoms with Crippen LogP contribution in [0.15, 0.2) is 18.2 Å². The van der Waals surface area contributed by atoms with Gasteiger partial charge in [0.1, 0.15) is 0 Å². The molecule has 2 nitrogen and oxygen atoms in total. The van der Waals surface area contributed by atoms with Gasteiger partial charge >= 0.3 is 0 Å². The van der Waals surface area contributed by atoms with E-state index in [4.69, 9.17) is 16.9 Å². The minimum absolute atomic E-state index is 0.618. The zero-order valence-corrected chi connectivity index (χ0v) is 9.26.